The number of carbonyl (C=O) groups excluding carboxylic acids is 1. The largest absolute Gasteiger partial charge is 0.444 e. The number of nitrogens with one attached hydrogen (secondary N) is 1. The molecule has 0 unspecified atom stereocenters. The Hall–Kier alpha value is -3.39. The zero-order chi connectivity index (χ0) is 30.4. The summed E-state index contributed by atoms with van der Waals surface area (Å²) in [5.41, 5.74) is 3.08. The van der Waals surface area contributed by atoms with Crippen LogP contribution >= 0.6 is 11.3 Å². The summed E-state index contributed by atoms with van der Waals surface area (Å²) < 4.78 is 18.8. The van der Waals surface area contributed by atoms with Crippen molar-refractivity contribution in [1.29, 1.82) is 0 Å². The average molecular weight is 622 g/mol. The van der Waals surface area contributed by atoms with Crippen molar-refractivity contribution in [2.75, 3.05) is 54.5 Å². The Morgan fingerprint density at radius 3 is 2.65 bits per heavy atom. The number of aryl methyl sites for hydroxylation is 1. The number of pyridine rings is 2. The average Bonchev–Trinajstić information content (AvgIpc) is 3.72. The first-order valence-corrected chi connectivity index (χ1v) is 18.5. The van der Waals surface area contributed by atoms with Gasteiger partial charge in [-0.1, -0.05) is 32.1 Å². The summed E-state index contributed by atoms with van der Waals surface area (Å²) in [7, 11) is -1.94. The van der Waals surface area contributed by atoms with Crippen LogP contribution in [0.3, 0.4) is 0 Å². The van der Waals surface area contributed by atoms with Crippen LogP contribution in [0.2, 0.25) is 18.1 Å². The standard InChI is InChI=1S/C30H39N7O4SSi/c1-19-15-20(7-9-31-19)28-33-23(18-40-28)27(38)32-22-16-24-25(35-29(42-24)36-11-13-39-14-12-36)34-26(22)37-10-8-21(17-37)41-43(5,6)30(2,3)4/h7,9,15-16,18,21H,8,10-14,17H2,1-6H3,(H,32,38)/t21-/m1/s1. The number of hydrogen-bond acceptors (Lipinski definition) is 11. The number of amides is 1. The van der Waals surface area contributed by atoms with Crippen molar-refractivity contribution in [2.24, 2.45) is 0 Å². The number of hydrogen-bond donors (Lipinski definition) is 1. The van der Waals surface area contributed by atoms with Crippen molar-refractivity contribution in [1.82, 2.24) is 19.9 Å². The zero-order valence-corrected chi connectivity index (χ0v) is 27.5. The maximum absolute atomic E-state index is 13.5. The van der Waals surface area contributed by atoms with Crippen LogP contribution in [0.4, 0.5) is 16.6 Å². The third kappa shape index (κ3) is 6.30. The predicted molar refractivity (Wildman–Crippen MR) is 172 cm³/mol. The minimum Gasteiger partial charge on any atom is -0.444 e. The van der Waals surface area contributed by atoms with E-state index < -0.39 is 8.32 Å². The Bertz CT molecular complexity index is 1630. The Morgan fingerprint density at radius 1 is 1.12 bits per heavy atom. The molecule has 0 radical (unpaired) electrons. The van der Waals surface area contributed by atoms with Gasteiger partial charge in [0.15, 0.2) is 30.6 Å². The van der Waals surface area contributed by atoms with Gasteiger partial charge in [0.2, 0.25) is 5.89 Å². The first kappa shape index (κ1) is 29.7. The van der Waals surface area contributed by atoms with Gasteiger partial charge < -0.3 is 28.7 Å². The lowest BCUT2D eigenvalue weighted by Crippen LogP contribution is -2.44. The molecule has 11 nitrogen and oxygen atoms in total. The van der Waals surface area contributed by atoms with Gasteiger partial charge in [0.1, 0.15) is 6.26 Å². The summed E-state index contributed by atoms with van der Waals surface area (Å²) in [6, 6.07) is 5.66. The lowest BCUT2D eigenvalue weighted by atomic mass is 10.2. The van der Waals surface area contributed by atoms with Crippen LogP contribution in [0.1, 0.15) is 43.4 Å². The lowest BCUT2D eigenvalue weighted by molar-refractivity contribution is 0.102. The van der Waals surface area contributed by atoms with Crippen LogP contribution in [-0.2, 0) is 9.16 Å². The molecule has 0 spiro atoms. The van der Waals surface area contributed by atoms with Gasteiger partial charge in [-0.05, 0) is 49.7 Å². The van der Waals surface area contributed by atoms with Crippen LogP contribution in [-0.4, -0.2) is 79.7 Å². The molecule has 43 heavy (non-hydrogen) atoms. The smallest absolute Gasteiger partial charge is 0.277 e. The van der Waals surface area contributed by atoms with Gasteiger partial charge in [-0.25, -0.2) is 9.97 Å². The highest BCUT2D eigenvalue weighted by Gasteiger charge is 2.41. The van der Waals surface area contributed by atoms with E-state index >= 15 is 0 Å². The summed E-state index contributed by atoms with van der Waals surface area (Å²) >= 11 is 1.57. The van der Waals surface area contributed by atoms with E-state index in [4.69, 9.17) is 23.5 Å². The van der Waals surface area contributed by atoms with Crippen molar-refractivity contribution < 1.29 is 18.4 Å². The van der Waals surface area contributed by atoms with E-state index in [-0.39, 0.29) is 22.7 Å². The van der Waals surface area contributed by atoms with Crippen molar-refractivity contribution in [3.8, 4) is 11.5 Å². The summed E-state index contributed by atoms with van der Waals surface area (Å²) in [5, 5.41) is 4.12. The first-order chi connectivity index (χ1) is 20.5. The molecule has 228 valence electrons. The Balaban J connectivity index is 1.29. The second kappa shape index (κ2) is 11.6. The molecule has 2 aliphatic rings. The first-order valence-electron chi connectivity index (χ1n) is 14.7. The van der Waals surface area contributed by atoms with Gasteiger partial charge in [-0.3, -0.25) is 9.78 Å². The number of aromatic nitrogens is 4. The molecule has 2 aliphatic heterocycles. The highest BCUT2D eigenvalue weighted by Crippen LogP contribution is 2.40. The molecular formula is C30H39N7O4SSi. The molecule has 13 heteroatoms. The molecule has 1 atom stereocenters. The van der Waals surface area contributed by atoms with Gasteiger partial charge in [0, 0.05) is 43.6 Å². The molecule has 0 saturated carbocycles. The molecule has 2 saturated heterocycles. The van der Waals surface area contributed by atoms with E-state index in [2.05, 4.69) is 58.9 Å². The van der Waals surface area contributed by atoms with Gasteiger partial charge >= 0.3 is 0 Å². The van der Waals surface area contributed by atoms with E-state index in [0.717, 1.165) is 47.1 Å². The SMILES string of the molecule is Cc1cc(-c2nc(C(=O)Nc3cc4sc(N5CCOCC5)nc4nc3N3CC[C@@H](O[Si](C)(C)C(C)(C)C)C3)co2)ccn1. The molecule has 1 N–H and O–H groups in total. The fourth-order valence-electron chi connectivity index (χ4n) is 5.05. The fourth-order valence-corrected chi connectivity index (χ4v) is 7.43. The van der Waals surface area contributed by atoms with Crippen LogP contribution in [0.25, 0.3) is 21.8 Å². The van der Waals surface area contributed by atoms with Crippen LogP contribution < -0.4 is 15.1 Å². The summed E-state index contributed by atoms with van der Waals surface area (Å²) in [4.78, 5) is 36.5. The third-order valence-electron chi connectivity index (χ3n) is 8.47. The number of morpholine rings is 1. The highest BCUT2D eigenvalue weighted by molar-refractivity contribution is 7.22. The predicted octanol–water partition coefficient (Wildman–Crippen LogP) is 5.74. The monoisotopic (exact) mass is 621 g/mol. The van der Waals surface area contributed by atoms with Crippen molar-refractivity contribution >= 4 is 52.5 Å². The number of thiazole rings is 1. The molecule has 1 amide bonds. The van der Waals surface area contributed by atoms with E-state index in [1.54, 1.807) is 17.5 Å². The Morgan fingerprint density at radius 2 is 1.91 bits per heavy atom. The van der Waals surface area contributed by atoms with E-state index in [0.29, 0.717) is 42.8 Å². The minimum absolute atomic E-state index is 0.100. The Labute approximate surface area is 256 Å². The molecule has 6 rings (SSSR count). The highest BCUT2D eigenvalue weighted by atomic mass is 32.1. The third-order valence-corrected chi connectivity index (χ3v) is 14.1. The van der Waals surface area contributed by atoms with Crippen molar-refractivity contribution in [3.05, 3.63) is 42.0 Å². The number of oxazole rings is 1. The van der Waals surface area contributed by atoms with E-state index in [1.807, 2.05) is 25.1 Å². The van der Waals surface area contributed by atoms with Crippen molar-refractivity contribution in [2.45, 2.75) is 58.4 Å². The van der Waals surface area contributed by atoms with Gasteiger partial charge in [0.05, 0.1) is 29.7 Å². The summed E-state index contributed by atoms with van der Waals surface area (Å²) in [5.74, 6) is 0.691. The van der Waals surface area contributed by atoms with E-state index in [9.17, 15) is 4.79 Å². The van der Waals surface area contributed by atoms with Crippen molar-refractivity contribution in [3.63, 3.8) is 0 Å². The summed E-state index contributed by atoms with van der Waals surface area (Å²) in [6.45, 7) is 17.7. The second-order valence-corrected chi connectivity index (χ2v) is 18.5. The maximum Gasteiger partial charge on any atom is 0.277 e. The number of nitrogens with zero attached hydrogens (tertiary/aromatic N) is 6. The van der Waals surface area contributed by atoms with Crippen LogP contribution in [0, 0.1) is 6.92 Å². The molecular weight excluding hydrogens is 583 g/mol. The molecule has 4 aromatic rings. The fraction of sp³-hybridized carbons (Fsp3) is 0.500. The van der Waals surface area contributed by atoms with Gasteiger partial charge in [0.25, 0.3) is 5.91 Å². The van der Waals surface area contributed by atoms with Crippen LogP contribution in [0.5, 0.6) is 0 Å². The minimum atomic E-state index is -1.94. The molecule has 0 aliphatic carbocycles. The lowest BCUT2D eigenvalue weighted by Gasteiger charge is -2.38. The molecule has 0 aromatic carbocycles. The number of rotatable bonds is 7. The summed E-state index contributed by atoms with van der Waals surface area (Å²) in [6.07, 6.45) is 4.07. The quantitative estimate of drug-likeness (QED) is 0.256. The molecule has 4 aromatic heterocycles. The van der Waals surface area contributed by atoms with Crippen LogP contribution in [0.15, 0.2) is 35.1 Å². The zero-order valence-electron chi connectivity index (χ0n) is 25.6. The topological polar surface area (TPSA) is 119 Å². The van der Waals surface area contributed by atoms with E-state index in [1.165, 1.54) is 6.26 Å². The van der Waals surface area contributed by atoms with Gasteiger partial charge in [-0.2, -0.15) is 4.98 Å². The molecule has 2 fully saturated rings. The number of carbonyl (C=O) groups is 1. The maximum atomic E-state index is 13.5. The Kier molecular flexibility index (Phi) is 8.00. The molecule has 6 heterocycles. The number of fused-ring (bicyclic) bond motifs is 1. The number of anilines is 3. The second-order valence-electron chi connectivity index (χ2n) is 12.7. The normalized spacial score (nSPS) is 18.0. The van der Waals surface area contributed by atoms with Gasteiger partial charge in [-0.15, -0.1) is 0 Å². The number of ether oxygens (including phenoxy) is 1. The molecule has 0 bridgehead atoms.